The van der Waals surface area contributed by atoms with E-state index in [2.05, 4.69) is 4.90 Å². The summed E-state index contributed by atoms with van der Waals surface area (Å²) in [6.45, 7) is 2.44. The van der Waals surface area contributed by atoms with E-state index in [0.717, 1.165) is 32.0 Å². The lowest BCUT2D eigenvalue weighted by molar-refractivity contribution is -0.138. The van der Waals surface area contributed by atoms with Crippen LogP contribution in [0.1, 0.15) is 40.2 Å². The van der Waals surface area contributed by atoms with E-state index in [1.807, 2.05) is 0 Å². The monoisotopic (exact) mass is 298 g/mol. The van der Waals surface area contributed by atoms with Crippen LogP contribution < -0.4 is 5.73 Å². The van der Waals surface area contributed by atoms with Gasteiger partial charge in [-0.2, -0.15) is 13.2 Å². The van der Waals surface area contributed by atoms with Gasteiger partial charge in [0.05, 0.1) is 5.56 Å². The summed E-state index contributed by atoms with van der Waals surface area (Å²) in [7, 11) is 0. The van der Waals surface area contributed by atoms with Crippen LogP contribution in [0.5, 0.6) is 0 Å². The molecule has 3 heterocycles. The molecule has 114 valence electrons. The van der Waals surface area contributed by atoms with E-state index in [1.165, 1.54) is 12.1 Å². The molecule has 0 spiro atoms. The van der Waals surface area contributed by atoms with Gasteiger partial charge < -0.3 is 10.6 Å². The number of rotatable bonds is 2. The quantitative estimate of drug-likeness (QED) is 0.912. The molecule has 0 radical (unpaired) electrons. The van der Waals surface area contributed by atoms with Gasteiger partial charge in [0.15, 0.2) is 0 Å². The number of hydrogen-bond donors (Lipinski definition) is 1. The van der Waals surface area contributed by atoms with Gasteiger partial charge in [-0.25, -0.2) is 0 Å². The Morgan fingerprint density at radius 3 is 2.38 bits per heavy atom. The highest BCUT2D eigenvalue weighted by Crippen LogP contribution is 2.45. The van der Waals surface area contributed by atoms with E-state index in [9.17, 15) is 18.0 Å². The molecule has 0 saturated carbocycles. The fourth-order valence-corrected chi connectivity index (χ4v) is 3.72. The smallest absolute Gasteiger partial charge is 0.366 e. The van der Waals surface area contributed by atoms with E-state index in [1.54, 1.807) is 0 Å². The van der Waals surface area contributed by atoms with Crippen LogP contribution in [-0.2, 0) is 6.18 Å². The molecule has 2 N–H and O–H groups in total. The van der Waals surface area contributed by atoms with Gasteiger partial charge in [0.2, 0.25) is 5.91 Å². The zero-order chi connectivity index (χ0) is 15.2. The second-order valence-electron chi connectivity index (χ2n) is 5.87. The molecule has 3 nitrogen and oxygen atoms in total. The molecule has 3 aliphatic heterocycles. The van der Waals surface area contributed by atoms with Crippen molar-refractivity contribution in [3.63, 3.8) is 0 Å². The summed E-state index contributed by atoms with van der Waals surface area (Å²) in [6.07, 6.45) is -2.70. The van der Waals surface area contributed by atoms with Crippen LogP contribution in [0.2, 0.25) is 0 Å². The molecule has 4 rings (SSSR count). The summed E-state index contributed by atoms with van der Waals surface area (Å²) in [5, 5.41) is 0. The van der Waals surface area contributed by atoms with Crippen molar-refractivity contribution in [2.45, 2.75) is 24.9 Å². The largest absolute Gasteiger partial charge is 0.416 e. The van der Waals surface area contributed by atoms with E-state index in [-0.39, 0.29) is 23.0 Å². The molecule has 1 amide bonds. The summed E-state index contributed by atoms with van der Waals surface area (Å²) < 4.78 is 40.0. The zero-order valence-electron chi connectivity index (χ0n) is 11.5. The number of primary amides is 1. The number of halogens is 3. The van der Waals surface area contributed by atoms with Crippen molar-refractivity contribution >= 4 is 5.91 Å². The van der Waals surface area contributed by atoms with E-state index < -0.39 is 17.6 Å². The fraction of sp³-hybridized carbons (Fsp3) is 0.533. The molecule has 6 heteroatoms. The van der Waals surface area contributed by atoms with Crippen molar-refractivity contribution in [3.05, 3.63) is 34.9 Å². The van der Waals surface area contributed by atoms with Crippen LogP contribution in [0.4, 0.5) is 13.2 Å². The number of carbonyl (C=O) groups is 1. The Balaban J connectivity index is 2.13. The average Bonchev–Trinajstić information content (AvgIpc) is 2.46. The van der Waals surface area contributed by atoms with Crippen LogP contribution in [-0.4, -0.2) is 30.4 Å². The molecular weight excluding hydrogens is 281 g/mol. The first-order valence-electron chi connectivity index (χ1n) is 7.10. The third-order valence-electron chi connectivity index (χ3n) is 4.70. The van der Waals surface area contributed by atoms with Gasteiger partial charge in [-0.15, -0.1) is 0 Å². The highest BCUT2D eigenvalue weighted by Gasteiger charge is 2.42. The molecule has 1 atom stereocenters. The van der Waals surface area contributed by atoms with Crippen molar-refractivity contribution in [1.29, 1.82) is 0 Å². The van der Waals surface area contributed by atoms with Crippen LogP contribution in [0.25, 0.3) is 0 Å². The Morgan fingerprint density at radius 2 is 1.90 bits per heavy atom. The van der Waals surface area contributed by atoms with E-state index in [0.29, 0.717) is 6.54 Å². The number of alkyl halides is 3. The van der Waals surface area contributed by atoms with Crippen molar-refractivity contribution < 1.29 is 18.0 Å². The topological polar surface area (TPSA) is 46.3 Å². The highest BCUT2D eigenvalue weighted by atomic mass is 19.4. The summed E-state index contributed by atoms with van der Waals surface area (Å²) in [5.74, 6) is -0.836. The Labute approximate surface area is 120 Å². The number of benzene rings is 1. The van der Waals surface area contributed by atoms with Gasteiger partial charge in [0, 0.05) is 18.0 Å². The number of hydrogen-bond acceptors (Lipinski definition) is 2. The van der Waals surface area contributed by atoms with Gasteiger partial charge in [-0.05, 0) is 49.5 Å². The average molecular weight is 298 g/mol. The minimum atomic E-state index is -4.47. The van der Waals surface area contributed by atoms with Gasteiger partial charge >= 0.3 is 6.18 Å². The second kappa shape index (κ2) is 5.02. The number of nitrogens with two attached hydrogens (primary N) is 1. The maximum atomic E-state index is 13.3. The normalized spacial score (nSPS) is 28.6. The fourth-order valence-electron chi connectivity index (χ4n) is 3.72. The first kappa shape index (κ1) is 14.4. The number of fused-ring (bicyclic) bond motifs is 3. The molecule has 3 fully saturated rings. The SMILES string of the molecule is NC(=O)c1cccc(C(F)(F)F)c1[C@H]1CN2CCC1CC2. The zero-order valence-corrected chi connectivity index (χ0v) is 11.5. The second-order valence-corrected chi connectivity index (χ2v) is 5.87. The predicted molar refractivity (Wildman–Crippen MR) is 71.9 cm³/mol. The Bertz CT molecular complexity index is 563. The van der Waals surface area contributed by atoms with Gasteiger partial charge in [0.25, 0.3) is 0 Å². The summed E-state index contributed by atoms with van der Waals surface area (Å²) in [5.41, 5.74) is 4.72. The molecule has 3 aliphatic rings. The minimum Gasteiger partial charge on any atom is -0.366 e. The van der Waals surface area contributed by atoms with Crippen molar-refractivity contribution in [2.75, 3.05) is 19.6 Å². The van der Waals surface area contributed by atoms with Crippen LogP contribution in [0.3, 0.4) is 0 Å². The maximum absolute atomic E-state index is 13.3. The van der Waals surface area contributed by atoms with Crippen LogP contribution >= 0.6 is 0 Å². The Kier molecular flexibility index (Phi) is 3.43. The third-order valence-corrected chi connectivity index (χ3v) is 4.70. The predicted octanol–water partition coefficient (Wildman–Crippen LogP) is 2.61. The lowest BCUT2D eigenvalue weighted by atomic mass is 9.73. The minimum absolute atomic E-state index is 0.0172. The van der Waals surface area contributed by atoms with Crippen LogP contribution in [0.15, 0.2) is 18.2 Å². The molecule has 0 aliphatic carbocycles. The summed E-state index contributed by atoms with van der Waals surface area (Å²) >= 11 is 0. The first-order chi connectivity index (χ1) is 9.88. The lowest BCUT2D eigenvalue weighted by Crippen LogP contribution is -2.47. The first-order valence-corrected chi connectivity index (χ1v) is 7.10. The van der Waals surface area contributed by atoms with Crippen molar-refractivity contribution in [1.82, 2.24) is 4.90 Å². The Morgan fingerprint density at radius 1 is 1.24 bits per heavy atom. The lowest BCUT2D eigenvalue weighted by Gasteiger charge is -2.46. The number of piperidine rings is 3. The Hall–Kier alpha value is -1.56. The van der Waals surface area contributed by atoms with Gasteiger partial charge in [-0.3, -0.25) is 4.79 Å². The summed E-state index contributed by atoms with van der Waals surface area (Å²) in [4.78, 5) is 13.8. The van der Waals surface area contributed by atoms with Crippen LogP contribution in [0, 0.1) is 5.92 Å². The third kappa shape index (κ3) is 2.52. The maximum Gasteiger partial charge on any atom is 0.416 e. The van der Waals surface area contributed by atoms with Gasteiger partial charge in [-0.1, -0.05) is 6.07 Å². The number of amides is 1. The number of carbonyl (C=O) groups excluding carboxylic acids is 1. The molecule has 0 unspecified atom stereocenters. The molecule has 3 saturated heterocycles. The molecule has 1 aromatic carbocycles. The van der Waals surface area contributed by atoms with E-state index >= 15 is 0 Å². The van der Waals surface area contributed by atoms with Crippen molar-refractivity contribution in [2.24, 2.45) is 11.7 Å². The summed E-state index contributed by atoms with van der Waals surface area (Å²) in [6, 6.07) is 3.72. The molecule has 21 heavy (non-hydrogen) atoms. The van der Waals surface area contributed by atoms with Crippen molar-refractivity contribution in [3.8, 4) is 0 Å². The molecular formula is C15H17F3N2O. The highest BCUT2D eigenvalue weighted by molar-refractivity contribution is 5.95. The molecule has 2 bridgehead atoms. The van der Waals surface area contributed by atoms with E-state index in [4.69, 9.17) is 5.73 Å². The molecule has 0 aromatic heterocycles. The number of nitrogens with zero attached hydrogens (tertiary/aromatic N) is 1. The molecule has 1 aromatic rings. The standard InChI is InChI=1S/C15H17F3N2O/c16-15(17,18)12-3-1-2-10(14(19)21)13(12)11-8-20-6-4-9(11)5-7-20/h1-3,9,11H,4-8H2,(H2,19,21)/t11-/m0/s1. The van der Waals surface area contributed by atoms with Gasteiger partial charge in [0.1, 0.15) is 0 Å².